The van der Waals surface area contributed by atoms with Gasteiger partial charge in [0.1, 0.15) is 18.5 Å². The van der Waals surface area contributed by atoms with Crippen molar-refractivity contribution >= 4 is 17.5 Å². The molecule has 1 amide bonds. The molecule has 182 valence electrons. The number of carbonyl (C=O) groups excluding carboxylic acids is 1. The highest BCUT2D eigenvalue weighted by atomic mass is 19.4. The Morgan fingerprint density at radius 1 is 1.18 bits per heavy atom. The van der Waals surface area contributed by atoms with E-state index >= 15 is 0 Å². The second kappa shape index (κ2) is 9.68. The molecule has 1 N–H and O–H groups in total. The van der Waals surface area contributed by atoms with E-state index in [-0.39, 0.29) is 12.4 Å². The summed E-state index contributed by atoms with van der Waals surface area (Å²) in [4.78, 5) is 11.8. The minimum Gasteiger partial charge on any atom is -0.491 e. The third-order valence-electron chi connectivity index (χ3n) is 4.77. The van der Waals surface area contributed by atoms with Crippen LogP contribution in [0.15, 0.2) is 42.5 Å². The van der Waals surface area contributed by atoms with Crippen LogP contribution in [0.4, 0.5) is 42.5 Å². The SMILES string of the molecule is COC(=O)Nc1ccc(OC[C@@H]2CN(c3ccc(C#N)c(C(F)(F)F)c3)[C@@H](C(F)(F)F)O2)cc1. The van der Waals surface area contributed by atoms with Crippen molar-refractivity contribution in [3.05, 3.63) is 53.6 Å². The summed E-state index contributed by atoms with van der Waals surface area (Å²) in [5.74, 6) is 0.263. The van der Waals surface area contributed by atoms with Gasteiger partial charge in [-0.25, -0.2) is 4.79 Å². The molecule has 34 heavy (non-hydrogen) atoms. The molecular weight excluding hydrogens is 472 g/mol. The van der Waals surface area contributed by atoms with Crippen LogP contribution in [0.3, 0.4) is 0 Å². The summed E-state index contributed by atoms with van der Waals surface area (Å²) < 4.78 is 95.4. The Kier molecular flexibility index (Phi) is 7.11. The Morgan fingerprint density at radius 2 is 1.85 bits per heavy atom. The highest BCUT2D eigenvalue weighted by Gasteiger charge is 2.51. The van der Waals surface area contributed by atoms with Gasteiger partial charge < -0.3 is 19.1 Å². The number of alkyl halides is 6. The molecule has 1 aliphatic rings. The summed E-state index contributed by atoms with van der Waals surface area (Å²) in [6.07, 6.45) is -14.1. The Hall–Kier alpha value is -3.66. The van der Waals surface area contributed by atoms with Gasteiger partial charge in [0.25, 0.3) is 0 Å². The number of hydrogen-bond donors (Lipinski definition) is 1. The largest absolute Gasteiger partial charge is 0.491 e. The summed E-state index contributed by atoms with van der Waals surface area (Å²) in [5.41, 5.74) is -2.05. The summed E-state index contributed by atoms with van der Waals surface area (Å²) in [5, 5.41) is 11.3. The zero-order valence-electron chi connectivity index (χ0n) is 17.4. The maximum Gasteiger partial charge on any atom is 0.433 e. The van der Waals surface area contributed by atoms with Crippen LogP contribution in [0.2, 0.25) is 0 Å². The van der Waals surface area contributed by atoms with Crippen molar-refractivity contribution in [1.82, 2.24) is 0 Å². The van der Waals surface area contributed by atoms with Gasteiger partial charge in [-0.3, -0.25) is 5.32 Å². The van der Waals surface area contributed by atoms with E-state index in [4.69, 9.17) is 14.7 Å². The number of carbonyl (C=O) groups is 1. The molecule has 1 heterocycles. The highest BCUT2D eigenvalue weighted by Crippen LogP contribution is 2.39. The van der Waals surface area contributed by atoms with E-state index in [1.807, 2.05) is 0 Å². The van der Waals surface area contributed by atoms with Crippen LogP contribution in [0.25, 0.3) is 0 Å². The van der Waals surface area contributed by atoms with E-state index in [9.17, 15) is 31.1 Å². The molecule has 7 nitrogen and oxygen atoms in total. The van der Waals surface area contributed by atoms with Crippen molar-refractivity contribution in [3.8, 4) is 11.8 Å². The normalized spacial score (nSPS) is 18.4. The lowest BCUT2D eigenvalue weighted by atomic mass is 10.1. The lowest BCUT2D eigenvalue weighted by molar-refractivity contribution is -0.215. The number of amides is 1. The number of rotatable bonds is 5. The number of benzene rings is 2. The van der Waals surface area contributed by atoms with Crippen LogP contribution in [-0.4, -0.2) is 44.9 Å². The number of nitrogens with one attached hydrogen (secondary N) is 1. The van der Waals surface area contributed by atoms with Gasteiger partial charge in [0.15, 0.2) is 0 Å². The van der Waals surface area contributed by atoms with E-state index in [0.29, 0.717) is 16.7 Å². The summed E-state index contributed by atoms with van der Waals surface area (Å²) >= 11 is 0. The van der Waals surface area contributed by atoms with E-state index < -0.39 is 54.1 Å². The van der Waals surface area contributed by atoms with Crippen LogP contribution >= 0.6 is 0 Å². The number of ether oxygens (including phenoxy) is 3. The van der Waals surface area contributed by atoms with Gasteiger partial charge in [0.2, 0.25) is 6.23 Å². The van der Waals surface area contributed by atoms with Crippen molar-refractivity contribution in [1.29, 1.82) is 5.26 Å². The topological polar surface area (TPSA) is 83.8 Å². The lowest BCUT2D eigenvalue weighted by Crippen LogP contribution is -2.42. The first-order valence-electron chi connectivity index (χ1n) is 9.60. The predicted molar refractivity (Wildman–Crippen MR) is 106 cm³/mol. The minimum absolute atomic E-state index is 0.263. The molecule has 0 aromatic heterocycles. The average Bonchev–Trinajstić information content (AvgIpc) is 3.22. The van der Waals surface area contributed by atoms with Gasteiger partial charge in [-0.1, -0.05) is 0 Å². The molecule has 1 saturated heterocycles. The molecule has 2 aromatic rings. The smallest absolute Gasteiger partial charge is 0.433 e. The van der Waals surface area contributed by atoms with Gasteiger partial charge >= 0.3 is 18.4 Å². The fourth-order valence-electron chi connectivity index (χ4n) is 3.24. The first-order chi connectivity index (χ1) is 15.9. The standard InChI is InChI=1S/C21H17F6N3O4/c1-32-19(31)29-13-3-6-15(7-4-13)33-11-16-10-30(18(34-16)21(25,26)27)14-5-2-12(9-28)17(8-14)20(22,23)24/h2-8,16,18H,10-11H2,1H3,(H,29,31)/t16-,18+/m0/s1. The number of anilines is 2. The van der Waals surface area contributed by atoms with Crippen molar-refractivity contribution in [3.63, 3.8) is 0 Å². The molecule has 3 rings (SSSR count). The van der Waals surface area contributed by atoms with Gasteiger partial charge in [-0.2, -0.15) is 31.6 Å². The molecule has 1 fully saturated rings. The monoisotopic (exact) mass is 489 g/mol. The highest BCUT2D eigenvalue weighted by molar-refractivity contribution is 5.84. The Labute approximate surface area is 189 Å². The Bertz CT molecular complexity index is 1070. The Balaban J connectivity index is 1.75. The summed E-state index contributed by atoms with van der Waals surface area (Å²) in [7, 11) is 1.19. The van der Waals surface area contributed by atoms with Gasteiger partial charge in [-0.05, 0) is 42.5 Å². The molecule has 0 unspecified atom stereocenters. The first-order valence-corrected chi connectivity index (χ1v) is 9.60. The third kappa shape index (κ3) is 5.82. The van der Waals surface area contributed by atoms with E-state index in [1.165, 1.54) is 37.4 Å². The number of hydrogen-bond acceptors (Lipinski definition) is 6. The van der Waals surface area contributed by atoms with Crippen molar-refractivity contribution in [2.45, 2.75) is 24.7 Å². The average molecular weight is 489 g/mol. The molecule has 2 aromatic carbocycles. The molecule has 0 bridgehead atoms. The van der Waals surface area contributed by atoms with E-state index in [2.05, 4.69) is 10.1 Å². The van der Waals surface area contributed by atoms with Gasteiger partial charge in [-0.15, -0.1) is 0 Å². The summed E-state index contributed by atoms with van der Waals surface area (Å²) in [6.45, 7) is -0.732. The quantitative estimate of drug-likeness (QED) is 0.600. The second-order valence-corrected chi connectivity index (χ2v) is 7.10. The van der Waals surface area contributed by atoms with Crippen LogP contribution in [-0.2, 0) is 15.7 Å². The number of nitriles is 1. The maximum atomic E-state index is 13.6. The maximum absolute atomic E-state index is 13.6. The molecule has 2 atom stereocenters. The lowest BCUT2D eigenvalue weighted by Gasteiger charge is -2.27. The second-order valence-electron chi connectivity index (χ2n) is 7.10. The molecule has 0 aliphatic carbocycles. The van der Waals surface area contributed by atoms with Crippen LogP contribution in [0, 0.1) is 11.3 Å². The molecule has 0 spiro atoms. The molecule has 0 saturated carbocycles. The molecule has 1 aliphatic heterocycles. The third-order valence-corrected chi connectivity index (χ3v) is 4.77. The first kappa shape index (κ1) is 25.0. The van der Waals surface area contributed by atoms with Crippen molar-refractivity contribution in [2.24, 2.45) is 0 Å². The van der Waals surface area contributed by atoms with Crippen molar-refractivity contribution in [2.75, 3.05) is 30.5 Å². The minimum atomic E-state index is -4.92. The molecular formula is C21H17F6N3O4. The Morgan fingerprint density at radius 3 is 2.41 bits per heavy atom. The van der Waals surface area contributed by atoms with Crippen LogP contribution in [0.1, 0.15) is 11.1 Å². The number of methoxy groups -OCH3 is 1. The fourth-order valence-corrected chi connectivity index (χ4v) is 3.24. The summed E-state index contributed by atoms with van der Waals surface area (Å²) in [6, 6.07) is 9.56. The number of halogens is 6. The predicted octanol–water partition coefficient (Wildman–Crippen LogP) is 4.93. The fraction of sp³-hybridized carbons (Fsp3) is 0.333. The van der Waals surface area contributed by atoms with E-state index in [0.717, 1.165) is 12.1 Å². The zero-order valence-corrected chi connectivity index (χ0v) is 17.4. The van der Waals surface area contributed by atoms with Gasteiger partial charge in [0, 0.05) is 11.4 Å². The molecule has 13 heteroatoms. The molecule has 0 radical (unpaired) electrons. The van der Waals surface area contributed by atoms with Crippen LogP contribution < -0.4 is 15.0 Å². The van der Waals surface area contributed by atoms with Crippen molar-refractivity contribution < 1.29 is 45.3 Å². The van der Waals surface area contributed by atoms with E-state index in [1.54, 1.807) is 0 Å². The van der Waals surface area contributed by atoms with Gasteiger partial charge in [0.05, 0.1) is 30.9 Å². The number of nitrogens with zero attached hydrogens (tertiary/aromatic N) is 2. The zero-order chi connectivity index (χ0) is 25.1. The van der Waals surface area contributed by atoms with Crippen LogP contribution in [0.5, 0.6) is 5.75 Å².